The molecule has 1 aromatic carbocycles. The minimum atomic E-state index is -4.66. The molecule has 13 heteroatoms. The largest absolute Gasteiger partial charge is 0.453 e. The summed E-state index contributed by atoms with van der Waals surface area (Å²) in [5.74, 6) is -1.25. The Kier molecular flexibility index (Phi) is 6.64. The van der Waals surface area contributed by atoms with Gasteiger partial charge >= 0.3 is 6.18 Å². The molecule has 0 spiro atoms. The van der Waals surface area contributed by atoms with Gasteiger partial charge in [0.05, 0.1) is 5.69 Å². The van der Waals surface area contributed by atoms with Gasteiger partial charge in [-0.25, -0.2) is 0 Å². The van der Waals surface area contributed by atoms with Crippen LogP contribution in [0.25, 0.3) is 5.65 Å². The Morgan fingerprint density at radius 2 is 1.79 bits per heavy atom. The van der Waals surface area contributed by atoms with Crippen LogP contribution in [0.15, 0.2) is 41.3 Å². The van der Waals surface area contributed by atoms with E-state index in [1.165, 1.54) is 11.0 Å². The zero-order chi connectivity index (χ0) is 24.5. The summed E-state index contributed by atoms with van der Waals surface area (Å²) < 4.78 is 40.1. The van der Waals surface area contributed by atoms with E-state index in [-0.39, 0.29) is 22.7 Å². The molecule has 34 heavy (non-hydrogen) atoms. The van der Waals surface area contributed by atoms with E-state index in [2.05, 4.69) is 20.6 Å². The van der Waals surface area contributed by atoms with Crippen molar-refractivity contribution in [2.24, 2.45) is 5.92 Å². The predicted octanol–water partition coefficient (Wildman–Crippen LogP) is 3.77. The maximum atomic E-state index is 13.1. The van der Waals surface area contributed by atoms with Gasteiger partial charge in [0, 0.05) is 38.0 Å². The van der Waals surface area contributed by atoms with Gasteiger partial charge < -0.3 is 15.1 Å². The van der Waals surface area contributed by atoms with Crippen molar-refractivity contribution < 1.29 is 22.8 Å². The fourth-order valence-corrected chi connectivity index (χ4v) is 4.32. The first-order valence-electron chi connectivity index (χ1n) is 10.5. The van der Waals surface area contributed by atoms with E-state index in [9.17, 15) is 22.8 Å². The van der Waals surface area contributed by atoms with E-state index in [4.69, 9.17) is 0 Å². The number of carbonyl (C=O) groups excluding carboxylic acids is 2. The number of nitrogens with zero attached hydrogens (tertiary/aromatic N) is 6. The van der Waals surface area contributed by atoms with Crippen LogP contribution in [0, 0.1) is 5.92 Å². The van der Waals surface area contributed by atoms with Gasteiger partial charge in [-0.2, -0.15) is 17.7 Å². The molecular weight excluding hydrogens is 471 g/mol. The zero-order valence-electron chi connectivity index (χ0n) is 18.4. The zero-order valence-corrected chi connectivity index (χ0v) is 19.2. The molecule has 1 fully saturated rings. The van der Waals surface area contributed by atoms with E-state index in [1.54, 1.807) is 44.4 Å². The molecular formula is C21H22F3N7O2S. The second-order valence-corrected chi connectivity index (χ2v) is 8.99. The van der Waals surface area contributed by atoms with E-state index in [1.807, 2.05) is 4.90 Å². The number of piperidine rings is 1. The van der Waals surface area contributed by atoms with Crippen LogP contribution in [0.1, 0.15) is 18.7 Å². The smallest absolute Gasteiger partial charge is 0.355 e. The minimum Gasteiger partial charge on any atom is -0.355 e. The highest BCUT2D eigenvalue weighted by Crippen LogP contribution is 2.31. The van der Waals surface area contributed by atoms with Crippen molar-refractivity contribution in [2.75, 3.05) is 37.4 Å². The summed E-state index contributed by atoms with van der Waals surface area (Å²) >= 11 is 1.03. The monoisotopic (exact) mass is 493 g/mol. The van der Waals surface area contributed by atoms with Crippen molar-refractivity contribution in [1.82, 2.24) is 24.7 Å². The highest BCUT2D eigenvalue weighted by molar-refractivity contribution is 8.13. The van der Waals surface area contributed by atoms with Crippen LogP contribution in [0.3, 0.4) is 0 Å². The third kappa shape index (κ3) is 5.08. The predicted molar refractivity (Wildman–Crippen MR) is 121 cm³/mol. The van der Waals surface area contributed by atoms with Crippen molar-refractivity contribution in [3.05, 3.63) is 42.2 Å². The molecule has 1 aliphatic rings. The second kappa shape index (κ2) is 9.49. The summed E-state index contributed by atoms with van der Waals surface area (Å²) in [6.07, 6.45) is -3.65. The molecule has 3 heterocycles. The molecule has 2 aromatic heterocycles. The molecule has 4 rings (SSSR count). The summed E-state index contributed by atoms with van der Waals surface area (Å²) in [6.45, 7) is 0.908. The molecule has 0 unspecified atom stereocenters. The average Bonchev–Trinajstić information content (AvgIpc) is 3.24. The Bertz CT molecular complexity index is 1210. The number of hydrogen-bond donors (Lipinski definition) is 1. The molecule has 0 radical (unpaired) electrons. The third-order valence-electron chi connectivity index (χ3n) is 5.40. The molecule has 0 atom stereocenters. The molecule has 2 amide bonds. The van der Waals surface area contributed by atoms with Gasteiger partial charge in [0.1, 0.15) is 5.82 Å². The van der Waals surface area contributed by atoms with Crippen LogP contribution < -0.4 is 10.2 Å². The molecule has 1 saturated heterocycles. The Balaban J connectivity index is 1.41. The van der Waals surface area contributed by atoms with Gasteiger partial charge in [-0.15, -0.1) is 15.3 Å². The molecule has 9 nitrogen and oxygen atoms in total. The number of fused-ring (bicyclic) bond motifs is 1. The van der Waals surface area contributed by atoms with Crippen molar-refractivity contribution in [1.29, 1.82) is 0 Å². The van der Waals surface area contributed by atoms with Gasteiger partial charge in [-0.3, -0.25) is 9.59 Å². The molecule has 180 valence electrons. The highest BCUT2D eigenvalue weighted by atomic mass is 32.2. The van der Waals surface area contributed by atoms with Gasteiger partial charge in [-0.1, -0.05) is 12.1 Å². The fraction of sp³-hybridized carbons (Fsp3) is 0.381. The van der Waals surface area contributed by atoms with Gasteiger partial charge in [0.15, 0.2) is 5.65 Å². The summed E-state index contributed by atoms with van der Waals surface area (Å²) in [5.41, 5.74) is 0.573. The van der Waals surface area contributed by atoms with Gasteiger partial charge in [-0.05, 0) is 48.9 Å². The number of rotatable bonds is 4. The number of hydrogen-bond acceptors (Lipinski definition) is 7. The number of anilines is 2. The summed E-state index contributed by atoms with van der Waals surface area (Å²) in [6, 6.07) is 10.1. The van der Waals surface area contributed by atoms with Crippen molar-refractivity contribution in [2.45, 2.75) is 23.9 Å². The molecule has 0 saturated carbocycles. The Morgan fingerprint density at radius 3 is 2.47 bits per heavy atom. The second-order valence-electron chi connectivity index (χ2n) is 7.99. The maximum Gasteiger partial charge on any atom is 0.453 e. The van der Waals surface area contributed by atoms with E-state index < -0.39 is 12.0 Å². The number of benzene rings is 1. The maximum absolute atomic E-state index is 13.1. The molecule has 0 aliphatic carbocycles. The van der Waals surface area contributed by atoms with Crippen LogP contribution in [0.5, 0.6) is 0 Å². The molecule has 0 bridgehead atoms. The van der Waals surface area contributed by atoms with Gasteiger partial charge in [0.2, 0.25) is 5.91 Å². The van der Waals surface area contributed by atoms with Crippen LogP contribution in [0.4, 0.5) is 29.5 Å². The van der Waals surface area contributed by atoms with E-state index >= 15 is 0 Å². The molecule has 1 N–H and O–H groups in total. The number of amides is 2. The number of thioether (sulfide) groups is 1. The van der Waals surface area contributed by atoms with Crippen molar-refractivity contribution >= 4 is 40.1 Å². The summed E-state index contributed by atoms with van der Waals surface area (Å²) in [5, 5.41) is 13.5. The lowest BCUT2D eigenvalue weighted by atomic mass is 9.96. The van der Waals surface area contributed by atoms with E-state index in [0.29, 0.717) is 46.8 Å². The topological polar surface area (TPSA) is 95.7 Å². The lowest BCUT2D eigenvalue weighted by Gasteiger charge is -2.32. The number of para-hydroxylation sites is 1. The Morgan fingerprint density at radius 1 is 1.09 bits per heavy atom. The Labute approximate surface area is 197 Å². The molecule has 3 aromatic rings. The average molecular weight is 494 g/mol. The number of aromatic nitrogens is 4. The minimum absolute atomic E-state index is 0.00891. The number of halogens is 3. The SMILES string of the molecule is CN(C)C(=O)Sc1ccccc1NC(=O)C1CCN(c2ccc3nnc(C(F)(F)F)n3n2)CC1. The number of alkyl halides is 3. The van der Waals surface area contributed by atoms with Crippen molar-refractivity contribution in [3.63, 3.8) is 0 Å². The highest BCUT2D eigenvalue weighted by Gasteiger charge is 2.38. The fourth-order valence-electron chi connectivity index (χ4n) is 3.57. The third-order valence-corrected chi connectivity index (χ3v) is 6.52. The summed E-state index contributed by atoms with van der Waals surface area (Å²) in [4.78, 5) is 28.9. The van der Waals surface area contributed by atoms with Gasteiger partial charge in [0.25, 0.3) is 11.1 Å². The molecule has 1 aliphatic heterocycles. The van der Waals surface area contributed by atoms with Crippen LogP contribution in [-0.4, -0.2) is 63.0 Å². The standard InChI is InChI=1S/C21H22F3N7O2S/c1-29(2)20(33)34-15-6-4-3-5-14(15)25-18(32)13-9-11-30(12-10-13)17-8-7-16-26-27-19(21(22,23)24)31(16)28-17/h3-8,13H,9-12H2,1-2H3,(H,25,32). The summed E-state index contributed by atoms with van der Waals surface area (Å²) in [7, 11) is 3.31. The normalized spacial score (nSPS) is 14.9. The lowest BCUT2D eigenvalue weighted by molar-refractivity contribution is -0.146. The van der Waals surface area contributed by atoms with Crippen molar-refractivity contribution in [3.8, 4) is 0 Å². The van der Waals surface area contributed by atoms with Crippen LogP contribution in [0.2, 0.25) is 0 Å². The first kappa shape index (κ1) is 23.8. The quantitative estimate of drug-likeness (QED) is 0.553. The number of carbonyl (C=O) groups is 2. The lowest BCUT2D eigenvalue weighted by Crippen LogP contribution is -2.38. The van der Waals surface area contributed by atoms with Crippen LogP contribution in [-0.2, 0) is 11.0 Å². The van der Waals surface area contributed by atoms with E-state index in [0.717, 1.165) is 11.8 Å². The first-order chi connectivity index (χ1) is 16.1. The first-order valence-corrected chi connectivity index (χ1v) is 11.3. The van der Waals surface area contributed by atoms with Crippen LogP contribution >= 0.6 is 11.8 Å². The number of nitrogens with one attached hydrogen (secondary N) is 1. The Hall–Kier alpha value is -3.35.